The fourth-order valence-corrected chi connectivity index (χ4v) is 5.43. The first-order valence-electron chi connectivity index (χ1n) is 12.3. The Bertz CT molecular complexity index is 1050. The van der Waals surface area contributed by atoms with Crippen molar-refractivity contribution in [1.82, 2.24) is 10.2 Å². The fraction of sp³-hybridized carbons (Fsp3) is 0.462. The van der Waals surface area contributed by atoms with Crippen LogP contribution in [0.1, 0.15) is 36.0 Å². The number of hydrogen-bond acceptors (Lipinski definition) is 5. The molecular formula is C26H32ClN5O2. The molecular weight excluding hydrogens is 450 g/mol. The lowest BCUT2D eigenvalue weighted by Crippen LogP contribution is -2.50. The SMILES string of the molecule is O=C(NCCCN1CCN(c2cccc(Cl)c2)CC1)c1ccc2c(c1)NC(=O)[C@@H]1CCCCN21. The summed E-state index contributed by atoms with van der Waals surface area (Å²) in [4.78, 5) is 32.2. The Morgan fingerprint density at radius 2 is 1.91 bits per heavy atom. The number of rotatable bonds is 6. The molecule has 3 aliphatic heterocycles. The minimum atomic E-state index is -0.0939. The summed E-state index contributed by atoms with van der Waals surface area (Å²) in [5, 5.41) is 6.81. The Morgan fingerprint density at radius 1 is 1.06 bits per heavy atom. The summed E-state index contributed by atoms with van der Waals surface area (Å²) in [6, 6.07) is 13.6. The third-order valence-electron chi connectivity index (χ3n) is 7.11. The van der Waals surface area contributed by atoms with Gasteiger partial charge in [-0.15, -0.1) is 0 Å². The molecule has 1 atom stereocenters. The lowest BCUT2D eigenvalue weighted by Gasteiger charge is -2.41. The summed E-state index contributed by atoms with van der Waals surface area (Å²) in [5.74, 6) is -0.0520. The molecule has 0 spiro atoms. The molecule has 0 aliphatic carbocycles. The van der Waals surface area contributed by atoms with Crippen LogP contribution in [0, 0.1) is 0 Å². The molecule has 0 saturated carbocycles. The van der Waals surface area contributed by atoms with Gasteiger partial charge in [0.15, 0.2) is 0 Å². The number of nitrogens with zero attached hydrogens (tertiary/aromatic N) is 3. The van der Waals surface area contributed by atoms with Gasteiger partial charge in [0, 0.05) is 55.5 Å². The van der Waals surface area contributed by atoms with Crippen molar-refractivity contribution in [3.63, 3.8) is 0 Å². The first kappa shape index (κ1) is 23.0. The van der Waals surface area contributed by atoms with Gasteiger partial charge in [0.25, 0.3) is 5.91 Å². The third-order valence-corrected chi connectivity index (χ3v) is 7.35. The van der Waals surface area contributed by atoms with Gasteiger partial charge in [-0.3, -0.25) is 14.5 Å². The van der Waals surface area contributed by atoms with Crippen LogP contribution in [-0.2, 0) is 4.79 Å². The van der Waals surface area contributed by atoms with Crippen LogP contribution in [-0.4, -0.2) is 68.6 Å². The summed E-state index contributed by atoms with van der Waals surface area (Å²) >= 11 is 6.12. The Morgan fingerprint density at radius 3 is 2.74 bits per heavy atom. The van der Waals surface area contributed by atoms with Gasteiger partial charge >= 0.3 is 0 Å². The summed E-state index contributed by atoms with van der Waals surface area (Å²) in [5.41, 5.74) is 3.53. The highest BCUT2D eigenvalue weighted by atomic mass is 35.5. The summed E-state index contributed by atoms with van der Waals surface area (Å²) in [7, 11) is 0. The monoisotopic (exact) mass is 481 g/mol. The molecule has 2 amide bonds. The van der Waals surface area contributed by atoms with Crippen molar-refractivity contribution in [2.24, 2.45) is 0 Å². The highest BCUT2D eigenvalue weighted by Crippen LogP contribution is 2.36. The quantitative estimate of drug-likeness (QED) is 0.617. The molecule has 0 bridgehead atoms. The Balaban J connectivity index is 1.07. The van der Waals surface area contributed by atoms with Crippen molar-refractivity contribution in [3.8, 4) is 0 Å². The van der Waals surface area contributed by atoms with E-state index in [1.165, 1.54) is 5.69 Å². The highest BCUT2D eigenvalue weighted by molar-refractivity contribution is 6.30. The van der Waals surface area contributed by atoms with E-state index in [9.17, 15) is 9.59 Å². The number of fused-ring (bicyclic) bond motifs is 3. The number of anilines is 3. The number of amides is 2. The lowest BCUT2D eigenvalue weighted by atomic mass is 9.97. The lowest BCUT2D eigenvalue weighted by molar-refractivity contribution is -0.118. The summed E-state index contributed by atoms with van der Waals surface area (Å²) in [6.45, 7) is 6.44. The topological polar surface area (TPSA) is 67.9 Å². The molecule has 3 heterocycles. The smallest absolute Gasteiger partial charge is 0.251 e. The predicted molar refractivity (Wildman–Crippen MR) is 137 cm³/mol. The molecule has 34 heavy (non-hydrogen) atoms. The zero-order valence-electron chi connectivity index (χ0n) is 19.4. The molecule has 2 aromatic rings. The van der Waals surface area contributed by atoms with E-state index in [0.717, 1.165) is 81.3 Å². The number of carbonyl (C=O) groups excluding carboxylic acids is 2. The Labute approximate surface area is 206 Å². The minimum Gasteiger partial charge on any atom is -0.369 e. The van der Waals surface area contributed by atoms with Gasteiger partial charge in [-0.2, -0.15) is 0 Å². The maximum atomic E-state index is 12.7. The van der Waals surface area contributed by atoms with E-state index in [0.29, 0.717) is 12.1 Å². The number of piperazine rings is 1. The second kappa shape index (κ2) is 10.2. The average Bonchev–Trinajstić information content (AvgIpc) is 2.87. The molecule has 180 valence electrons. The maximum absolute atomic E-state index is 12.7. The standard InChI is InChI=1S/C26H32ClN5O2/c27-20-5-3-6-21(18-20)31-15-13-30(14-16-31)11-4-10-28-25(33)19-8-9-23-22(17-19)29-26(34)24-7-1-2-12-32(23)24/h3,5-6,8-9,17-18,24H,1-2,4,7,10-16H2,(H,28,33)(H,29,34)/t24-/m0/s1. The molecule has 2 fully saturated rings. The van der Waals surface area contributed by atoms with Gasteiger partial charge in [-0.05, 0) is 68.6 Å². The van der Waals surface area contributed by atoms with Crippen molar-refractivity contribution >= 4 is 40.5 Å². The first-order chi connectivity index (χ1) is 16.6. The van der Waals surface area contributed by atoms with Crippen molar-refractivity contribution in [2.75, 3.05) is 60.9 Å². The van der Waals surface area contributed by atoms with E-state index in [4.69, 9.17) is 11.6 Å². The number of nitrogens with one attached hydrogen (secondary N) is 2. The number of benzene rings is 2. The molecule has 0 radical (unpaired) electrons. The molecule has 8 heteroatoms. The number of piperidine rings is 1. The first-order valence-corrected chi connectivity index (χ1v) is 12.7. The van der Waals surface area contributed by atoms with E-state index in [1.807, 2.05) is 36.4 Å². The van der Waals surface area contributed by atoms with E-state index in [1.54, 1.807) is 0 Å². The van der Waals surface area contributed by atoms with Crippen LogP contribution in [0.4, 0.5) is 17.1 Å². The van der Waals surface area contributed by atoms with E-state index in [-0.39, 0.29) is 17.9 Å². The van der Waals surface area contributed by atoms with Gasteiger partial charge < -0.3 is 20.4 Å². The van der Waals surface area contributed by atoms with Gasteiger partial charge in [-0.1, -0.05) is 17.7 Å². The van der Waals surface area contributed by atoms with Crippen molar-refractivity contribution in [3.05, 3.63) is 53.1 Å². The molecule has 0 aromatic heterocycles. The maximum Gasteiger partial charge on any atom is 0.251 e. The molecule has 2 aromatic carbocycles. The van der Waals surface area contributed by atoms with Crippen molar-refractivity contribution < 1.29 is 9.59 Å². The molecule has 2 N–H and O–H groups in total. The second-order valence-corrected chi connectivity index (χ2v) is 9.78. The zero-order chi connectivity index (χ0) is 23.5. The minimum absolute atomic E-state index is 0.0419. The van der Waals surface area contributed by atoms with Crippen LogP contribution in [0.3, 0.4) is 0 Å². The Hall–Kier alpha value is -2.77. The number of carbonyl (C=O) groups is 2. The normalized spacial score (nSPS) is 20.4. The van der Waals surface area contributed by atoms with Crippen LogP contribution in [0.25, 0.3) is 0 Å². The van der Waals surface area contributed by atoms with Crippen LogP contribution in [0.15, 0.2) is 42.5 Å². The number of halogens is 1. The Kier molecular flexibility index (Phi) is 6.92. The molecule has 3 aliphatic rings. The number of hydrogen-bond donors (Lipinski definition) is 2. The van der Waals surface area contributed by atoms with Crippen molar-refractivity contribution in [1.29, 1.82) is 0 Å². The largest absolute Gasteiger partial charge is 0.369 e. The van der Waals surface area contributed by atoms with Crippen molar-refractivity contribution in [2.45, 2.75) is 31.7 Å². The van der Waals surface area contributed by atoms with Crippen LogP contribution in [0.2, 0.25) is 5.02 Å². The molecule has 7 nitrogen and oxygen atoms in total. The molecule has 2 saturated heterocycles. The summed E-state index contributed by atoms with van der Waals surface area (Å²) < 4.78 is 0. The average molecular weight is 482 g/mol. The summed E-state index contributed by atoms with van der Waals surface area (Å²) in [6.07, 6.45) is 3.98. The molecule has 5 rings (SSSR count). The van der Waals surface area contributed by atoms with Crippen LogP contribution >= 0.6 is 11.6 Å². The van der Waals surface area contributed by atoms with Gasteiger partial charge in [0.1, 0.15) is 6.04 Å². The third kappa shape index (κ3) is 5.00. The van der Waals surface area contributed by atoms with Crippen LogP contribution in [0.5, 0.6) is 0 Å². The zero-order valence-corrected chi connectivity index (χ0v) is 20.2. The predicted octanol–water partition coefficient (Wildman–Crippen LogP) is 3.59. The van der Waals surface area contributed by atoms with Crippen LogP contribution < -0.4 is 20.4 Å². The van der Waals surface area contributed by atoms with Gasteiger partial charge in [0.05, 0.1) is 11.4 Å². The van der Waals surface area contributed by atoms with E-state index >= 15 is 0 Å². The van der Waals surface area contributed by atoms with Gasteiger partial charge in [-0.25, -0.2) is 0 Å². The molecule has 0 unspecified atom stereocenters. The second-order valence-electron chi connectivity index (χ2n) is 9.34. The fourth-order valence-electron chi connectivity index (χ4n) is 5.25. The van der Waals surface area contributed by atoms with E-state index in [2.05, 4.69) is 31.4 Å². The van der Waals surface area contributed by atoms with E-state index < -0.39 is 0 Å². The van der Waals surface area contributed by atoms with Gasteiger partial charge in [0.2, 0.25) is 5.91 Å². The highest BCUT2D eigenvalue weighted by Gasteiger charge is 2.34.